The molecule has 0 radical (unpaired) electrons. The van der Waals surface area contributed by atoms with E-state index in [9.17, 15) is 0 Å². The standard InChI is InChI=1S/C12H3Br2N4S2Si/c13-3-1-5-7(11-9(3)15-19-17-11)8-6(21-5)2-4(14)10-12(8)18-20-16-10/h1-2,21H/q+1. The minimum absolute atomic E-state index is 0.0431. The monoisotopic (exact) mass is 453 g/mol. The maximum absolute atomic E-state index is 4.52. The molecule has 1 aliphatic heterocycles. The number of hydrogen-bond donors (Lipinski definition) is 0. The summed E-state index contributed by atoms with van der Waals surface area (Å²) in [7, 11) is 0.0431. The molecule has 0 atom stereocenters. The SMILES string of the molecule is Brc1cc2c(c3nsnc13)-c1c(cc(Br)c3nsnc13)[SiH+]2. The van der Waals surface area contributed by atoms with E-state index in [1.165, 1.54) is 45.0 Å². The van der Waals surface area contributed by atoms with Crippen molar-refractivity contribution in [2.45, 2.75) is 0 Å². The fraction of sp³-hybridized carbons (Fsp3) is 0. The Labute approximate surface area is 146 Å². The molecule has 4 aromatic rings. The van der Waals surface area contributed by atoms with Crippen LogP contribution in [0.2, 0.25) is 0 Å². The zero-order valence-electron chi connectivity index (χ0n) is 10.1. The van der Waals surface area contributed by atoms with Crippen LogP contribution in [0.25, 0.3) is 33.2 Å². The van der Waals surface area contributed by atoms with Crippen molar-refractivity contribution in [1.82, 2.24) is 17.5 Å². The lowest BCUT2D eigenvalue weighted by atomic mass is 10.0. The lowest BCUT2D eigenvalue weighted by molar-refractivity contribution is 1.61. The molecule has 1 aliphatic rings. The minimum atomic E-state index is 0.0431. The average Bonchev–Trinajstić information content (AvgIpc) is 3.14. The van der Waals surface area contributed by atoms with E-state index in [4.69, 9.17) is 0 Å². The zero-order chi connectivity index (χ0) is 14.1. The Hall–Kier alpha value is -0.743. The van der Waals surface area contributed by atoms with E-state index >= 15 is 0 Å². The highest BCUT2D eigenvalue weighted by molar-refractivity contribution is 9.11. The van der Waals surface area contributed by atoms with Gasteiger partial charge in [0.1, 0.15) is 32.4 Å². The molecule has 0 amide bonds. The van der Waals surface area contributed by atoms with Gasteiger partial charge in [-0.1, -0.05) is 0 Å². The van der Waals surface area contributed by atoms with Gasteiger partial charge in [0.05, 0.1) is 34.6 Å². The molecule has 0 fully saturated rings. The minimum Gasteiger partial charge on any atom is -0.172 e. The first-order chi connectivity index (χ1) is 10.2. The lowest BCUT2D eigenvalue weighted by Crippen LogP contribution is -2.21. The molecular formula is C12H3Br2N4S2Si+. The second-order valence-electron chi connectivity index (χ2n) is 4.71. The summed E-state index contributed by atoms with van der Waals surface area (Å²) in [6.07, 6.45) is 0. The van der Waals surface area contributed by atoms with Gasteiger partial charge in [0, 0.05) is 8.95 Å². The van der Waals surface area contributed by atoms with E-state index in [2.05, 4.69) is 61.5 Å². The van der Waals surface area contributed by atoms with Gasteiger partial charge in [-0.05, 0) is 44.0 Å². The number of fused-ring (bicyclic) bond motifs is 7. The van der Waals surface area contributed by atoms with Crippen LogP contribution in [-0.4, -0.2) is 27.0 Å². The Morgan fingerprint density at radius 3 is 1.62 bits per heavy atom. The van der Waals surface area contributed by atoms with Crippen LogP contribution in [-0.2, 0) is 0 Å². The van der Waals surface area contributed by atoms with E-state index in [1.807, 2.05) is 0 Å². The zero-order valence-corrected chi connectivity index (χ0v) is 16.1. The largest absolute Gasteiger partial charge is 0.376 e. The van der Waals surface area contributed by atoms with Gasteiger partial charge in [-0.2, -0.15) is 17.5 Å². The molecule has 0 N–H and O–H groups in total. The predicted molar refractivity (Wildman–Crippen MR) is 95.6 cm³/mol. The van der Waals surface area contributed by atoms with Gasteiger partial charge < -0.3 is 0 Å². The summed E-state index contributed by atoms with van der Waals surface area (Å²) < 4.78 is 19.9. The smallest absolute Gasteiger partial charge is 0.172 e. The quantitative estimate of drug-likeness (QED) is 0.337. The van der Waals surface area contributed by atoms with Crippen molar-refractivity contribution in [3.8, 4) is 11.1 Å². The van der Waals surface area contributed by atoms with Gasteiger partial charge in [-0.3, -0.25) is 0 Å². The molecule has 0 spiro atoms. The van der Waals surface area contributed by atoms with Crippen molar-refractivity contribution in [2.24, 2.45) is 0 Å². The molecule has 2 aromatic heterocycles. The average molecular weight is 455 g/mol. The van der Waals surface area contributed by atoms with Crippen LogP contribution in [0.1, 0.15) is 0 Å². The number of halogens is 2. The van der Waals surface area contributed by atoms with Crippen LogP contribution in [0.3, 0.4) is 0 Å². The van der Waals surface area contributed by atoms with Crippen molar-refractivity contribution in [3.05, 3.63) is 21.1 Å². The first-order valence-electron chi connectivity index (χ1n) is 5.98. The normalized spacial score (nSPS) is 12.7. The first-order valence-corrected chi connectivity index (χ1v) is 10.2. The van der Waals surface area contributed by atoms with Gasteiger partial charge in [0.15, 0.2) is 0 Å². The molecule has 9 heteroatoms. The summed E-state index contributed by atoms with van der Waals surface area (Å²) in [5, 5.41) is 2.70. The summed E-state index contributed by atoms with van der Waals surface area (Å²) in [5.41, 5.74) is 6.24. The number of rotatable bonds is 0. The second-order valence-corrected chi connectivity index (χ2v) is 9.01. The predicted octanol–water partition coefficient (Wildman–Crippen LogP) is 2.59. The molecule has 5 rings (SSSR count). The third-order valence-corrected chi connectivity index (χ3v) is 7.40. The molecule has 0 unspecified atom stereocenters. The molecule has 4 nitrogen and oxygen atoms in total. The van der Waals surface area contributed by atoms with Crippen LogP contribution in [0.4, 0.5) is 0 Å². The summed E-state index contributed by atoms with van der Waals surface area (Å²) in [6, 6.07) is 4.38. The third kappa shape index (κ3) is 1.63. The van der Waals surface area contributed by atoms with Crippen LogP contribution < -0.4 is 10.4 Å². The van der Waals surface area contributed by atoms with Crippen LogP contribution in [0, 0.1) is 0 Å². The van der Waals surface area contributed by atoms with Crippen molar-refractivity contribution >= 4 is 97.3 Å². The highest BCUT2D eigenvalue weighted by Gasteiger charge is 2.37. The van der Waals surface area contributed by atoms with Crippen molar-refractivity contribution in [1.29, 1.82) is 0 Å². The Balaban J connectivity index is 2.02. The van der Waals surface area contributed by atoms with Crippen LogP contribution >= 0.6 is 55.3 Å². The molecule has 0 saturated carbocycles. The Morgan fingerprint density at radius 2 is 1.14 bits per heavy atom. The molecule has 0 saturated heterocycles. The van der Waals surface area contributed by atoms with Crippen LogP contribution in [0.15, 0.2) is 21.1 Å². The van der Waals surface area contributed by atoms with Gasteiger partial charge in [-0.15, -0.1) is 0 Å². The highest BCUT2D eigenvalue weighted by atomic mass is 79.9. The molecule has 2 aromatic carbocycles. The second kappa shape index (κ2) is 4.39. The Morgan fingerprint density at radius 1 is 0.714 bits per heavy atom. The topological polar surface area (TPSA) is 51.6 Å². The number of nitrogens with zero attached hydrogens (tertiary/aromatic N) is 4. The lowest BCUT2D eigenvalue weighted by Gasteiger charge is -2.01. The summed E-state index contributed by atoms with van der Waals surface area (Å²) in [4.78, 5) is 0. The molecule has 3 heterocycles. The van der Waals surface area contributed by atoms with E-state index in [-0.39, 0.29) is 9.52 Å². The van der Waals surface area contributed by atoms with E-state index in [0.29, 0.717) is 0 Å². The van der Waals surface area contributed by atoms with Gasteiger partial charge >= 0.3 is 9.52 Å². The number of benzene rings is 2. The Kier molecular flexibility index (Phi) is 2.67. The number of hydrogen-bond acceptors (Lipinski definition) is 6. The van der Waals surface area contributed by atoms with Crippen molar-refractivity contribution in [2.75, 3.05) is 0 Å². The molecule has 0 bridgehead atoms. The van der Waals surface area contributed by atoms with Crippen LogP contribution in [0.5, 0.6) is 0 Å². The molecule has 21 heavy (non-hydrogen) atoms. The van der Waals surface area contributed by atoms with Crippen molar-refractivity contribution in [3.63, 3.8) is 0 Å². The maximum Gasteiger partial charge on any atom is 0.376 e. The van der Waals surface area contributed by atoms with E-state index in [1.54, 1.807) is 0 Å². The first kappa shape index (κ1) is 12.8. The fourth-order valence-corrected chi connectivity index (χ4v) is 7.35. The van der Waals surface area contributed by atoms with Gasteiger partial charge in [0.25, 0.3) is 0 Å². The molecule has 100 valence electrons. The summed E-state index contributed by atoms with van der Waals surface area (Å²) in [5.74, 6) is 0. The third-order valence-electron chi connectivity index (χ3n) is 3.61. The highest BCUT2D eigenvalue weighted by Crippen LogP contribution is 2.37. The molecular weight excluding hydrogens is 452 g/mol. The Bertz CT molecular complexity index is 974. The van der Waals surface area contributed by atoms with E-state index < -0.39 is 0 Å². The van der Waals surface area contributed by atoms with E-state index in [0.717, 1.165) is 31.0 Å². The van der Waals surface area contributed by atoms with Gasteiger partial charge in [0.2, 0.25) is 0 Å². The summed E-state index contributed by atoms with van der Waals surface area (Å²) in [6.45, 7) is 0. The fourth-order valence-electron chi connectivity index (χ4n) is 2.77. The maximum atomic E-state index is 4.52. The summed E-state index contributed by atoms with van der Waals surface area (Å²) >= 11 is 9.74. The van der Waals surface area contributed by atoms with Crippen molar-refractivity contribution < 1.29 is 0 Å². The molecule has 0 aliphatic carbocycles. The number of aromatic nitrogens is 4. The van der Waals surface area contributed by atoms with Gasteiger partial charge in [-0.25, -0.2) is 0 Å².